The summed E-state index contributed by atoms with van der Waals surface area (Å²) >= 11 is 0. The van der Waals surface area contributed by atoms with E-state index in [0.717, 1.165) is 38.7 Å². The van der Waals surface area contributed by atoms with Crippen LogP contribution in [0.4, 0.5) is 0 Å². The zero-order valence-electron chi connectivity index (χ0n) is 30.0. The molecule has 4 heteroatoms. The molecule has 254 valence electrons. The molecule has 2 aromatic heterocycles. The van der Waals surface area contributed by atoms with Crippen molar-refractivity contribution >= 4 is 43.4 Å². The topological polar surface area (TPSA) is 43.6 Å². The zero-order valence-corrected chi connectivity index (χ0v) is 30.0. The highest BCUT2D eigenvalue weighted by Crippen LogP contribution is 2.52. The Morgan fingerprint density at radius 1 is 0.444 bits per heavy atom. The lowest BCUT2D eigenvalue weighted by atomic mass is 9.82. The van der Waals surface area contributed by atoms with E-state index in [1.54, 1.807) is 0 Å². The third kappa shape index (κ3) is 4.47. The smallest absolute Gasteiger partial charge is 0.238 e. The molecule has 0 fully saturated rings. The Kier molecular flexibility index (Phi) is 6.56. The average Bonchev–Trinajstić information content (AvgIpc) is 3.70. The predicted octanol–water partition coefficient (Wildman–Crippen LogP) is 12.6. The summed E-state index contributed by atoms with van der Waals surface area (Å²) in [4.78, 5) is 15.6. The van der Waals surface area contributed by atoms with Gasteiger partial charge < -0.3 is 0 Å². The normalized spacial score (nSPS) is 13.1. The van der Waals surface area contributed by atoms with Crippen LogP contribution in [0, 0.1) is 0 Å². The first-order valence-electron chi connectivity index (χ1n) is 18.5. The van der Waals surface area contributed by atoms with Gasteiger partial charge >= 0.3 is 0 Å². The Morgan fingerprint density at radius 3 is 1.76 bits per heavy atom. The first kappa shape index (κ1) is 30.7. The van der Waals surface area contributed by atoms with Gasteiger partial charge in [0.25, 0.3) is 0 Å². The molecule has 2 heterocycles. The van der Waals surface area contributed by atoms with E-state index in [-0.39, 0.29) is 5.41 Å². The third-order valence-corrected chi connectivity index (χ3v) is 11.4. The molecule has 54 heavy (non-hydrogen) atoms. The molecule has 8 aromatic carbocycles. The molecule has 0 bridgehead atoms. The SMILES string of the molecule is CC1(C)c2ccc(-c3cccc4c5c6ccccc6ccc5n(-c5nc(-c6ccccc6)nc(-c6ccccc6)n5)c34)cc2-c2c1ccc1ccccc21. The molecule has 0 aliphatic heterocycles. The van der Waals surface area contributed by atoms with Gasteiger partial charge in [0.1, 0.15) is 0 Å². The van der Waals surface area contributed by atoms with Gasteiger partial charge in [0.15, 0.2) is 11.6 Å². The Morgan fingerprint density at radius 2 is 1.04 bits per heavy atom. The minimum Gasteiger partial charge on any atom is -0.277 e. The second kappa shape index (κ2) is 11.5. The third-order valence-electron chi connectivity index (χ3n) is 11.4. The molecule has 0 N–H and O–H groups in total. The van der Waals surface area contributed by atoms with E-state index in [2.05, 4.69) is 152 Å². The summed E-state index contributed by atoms with van der Waals surface area (Å²) in [5.74, 6) is 1.86. The van der Waals surface area contributed by atoms with Gasteiger partial charge in [0.05, 0.1) is 11.0 Å². The second-order valence-corrected chi connectivity index (χ2v) is 14.8. The lowest BCUT2D eigenvalue weighted by Crippen LogP contribution is -2.14. The van der Waals surface area contributed by atoms with Gasteiger partial charge in [-0.05, 0) is 61.5 Å². The number of hydrogen-bond donors (Lipinski definition) is 0. The Hall–Kier alpha value is -6.91. The Bertz CT molecular complexity index is 3060. The summed E-state index contributed by atoms with van der Waals surface area (Å²) in [5.41, 5.74) is 11.6. The van der Waals surface area contributed by atoms with Crippen LogP contribution in [0.15, 0.2) is 170 Å². The monoisotopic (exact) mass is 690 g/mol. The molecule has 0 saturated heterocycles. The van der Waals surface area contributed by atoms with Crippen molar-refractivity contribution < 1.29 is 0 Å². The molecule has 0 saturated carbocycles. The maximum Gasteiger partial charge on any atom is 0.238 e. The van der Waals surface area contributed by atoms with Crippen LogP contribution in [-0.4, -0.2) is 19.5 Å². The minimum absolute atomic E-state index is 0.112. The Labute approximate surface area is 313 Å². The number of hydrogen-bond acceptors (Lipinski definition) is 3. The summed E-state index contributed by atoms with van der Waals surface area (Å²) in [6.45, 7) is 4.70. The van der Waals surface area contributed by atoms with Crippen molar-refractivity contribution in [1.82, 2.24) is 19.5 Å². The van der Waals surface area contributed by atoms with Crippen LogP contribution < -0.4 is 0 Å². The molecular formula is C50H34N4. The summed E-state index contributed by atoms with van der Waals surface area (Å²) < 4.78 is 2.27. The standard InChI is InChI=1S/C50H34N4/c1-50(2)41-27-25-35(30-40(41)44-36-20-11-9-14-31(36)24-28-42(44)50)38-22-13-23-39-45-37-21-12-10-15-32(37)26-29-43(45)54(46(38)39)49-52-47(33-16-5-3-6-17-33)51-48(53-49)34-18-7-4-8-19-34/h3-30H,1-2H3. The van der Waals surface area contributed by atoms with Crippen LogP contribution in [-0.2, 0) is 5.41 Å². The minimum atomic E-state index is -0.112. The number of nitrogens with zero attached hydrogens (tertiary/aromatic N) is 4. The fraction of sp³-hybridized carbons (Fsp3) is 0.0600. The van der Waals surface area contributed by atoms with Gasteiger partial charge in [-0.25, -0.2) is 4.98 Å². The van der Waals surface area contributed by atoms with E-state index in [9.17, 15) is 0 Å². The van der Waals surface area contributed by atoms with E-state index >= 15 is 0 Å². The van der Waals surface area contributed by atoms with Crippen LogP contribution >= 0.6 is 0 Å². The van der Waals surface area contributed by atoms with E-state index in [1.807, 2.05) is 36.4 Å². The van der Waals surface area contributed by atoms with Crippen LogP contribution in [0.3, 0.4) is 0 Å². The van der Waals surface area contributed by atoms with Crippen molar-refractivity contribution in [1.29, 1.82) is 0 Å². The molecule has 0 radical (unpaired) electrons. The molecule has 0 unspecified atom stereocenters. The molecule has 0 spiro atoms. The van der Waals surface area contributed by atoms with Gasteiger partial charge in [0.2, 0.25) is 5.95 Å². The molecule has 1 aliphatic rings. The van der Waals surface area contributed by atoms with Crippen LogP contribution in [0.1, 0.15) is 25.0 Å². The fourth-order valence-electron chi connectivity index (χ4n) is 8.87. The lowest BCUT2D eigenvalue weighted by molar-refractivity contribution is 0.661. The van der Waals surface area contributed by atoms with Crippen molar-refractivity contribution in [3.63, 3.8) is 0 Å². The van der Waals surface area contributed by atoms with Crippen molar-refractivity contribution in [2.45, 2.75) is 19.3 Å². The molecule has 10 aromatic rings. The van der Waals surface area contributed by atoms with Gasteiger partial charge in [-0.1, -0.05) is 172 Å². The maximum atomic E-state index is 5.27. The quantitative estimate of drug-likeness (QED) is 0.185. The number of rotatable bonds is 4. The highest BCUT2D eigenvalue weighted by molar-refractivity contribution is 6.23. The molecule has 1 aliphatic carbocycles. The van der Waals surface area contributed by atoms with Crippen LogP contribution in [0.2, 0.25) is 0 Å². The van der Waals surface area contributed by atoms with Crippen molar-refractivity contribution in [2.75, 3.05) is 0 Å². The summed E-state index contributed by atoms with van der Waals surface area (Å²) in [5, 5.41) is 7.30. The van der Waals surface area contributed by atoms with Crippen LogP contribution in [0.25, 0.3) is 94.3 Å². The van der Waals surface area contributed by atoms with E-state index < -0.39 is 0 Å². The lowest BCUT2D eigenvalue weighted by Gasteiger charge is -2.21. The summed E-state index contributed by atoms with van der Waals surface area (Å²) in [7, 11) is 0. The zero-order chi connectivity index (χ0) is 36.0. The van der Waals surface area contributed by atoms with Gasteiger partial charge in [-0.15, -0.1) is 0 Å². The summed E-state index contributed by atoms with van der Waals surface area (Å²) in [6.07, 6.45) is 0. The number of fused-ring (bicyclic) bond motifs is 10. The molecule has 0 atom stereocenters. The first-order chi connectivity index (χ1) is 26.5. The van der Waals surface area contributed by atoms with Crippen molar-refractivity contribution in [3.8, 4) is 51.0 Å². The van der Waals surface area contributed by atoms with Gasteiger partial charge in [-0.3, -0.25) is 4.57 Å². The number of para-hydroxylation sites is 1. The summed E-state index contributed by atoms with van der Waals surface area (Å²) in [6, 6.07) is 60.7. The van der Waals surface area contributed by atoms with Crippen molar-refractivity contribution in [3.05, 3.63) is 181 Å². The van der Waals surface area contributed by atoms with Crippen LogP contribution in [0.5, 0.6) is 0 Å². The fourth-order valence-corrected chi connectivity index (χ4v) is 8.87. The van der Waals surface area contributed by atoms with Crippen molar-refractivity contribution in [2.24, 2.45) is 0 Å². The first-order valence-corrected chi connectivity index (χ1v) is 18.5. The van der Waals surface area contributed by atoms with E-state index in [4.69, 9.17) is 15.0 Å². The number of aromatic nitrogens is 4. The largest absolute Gasteiger partial charge is 0.277 e. The second-order valence-electron chi connectivity index (χ2n) is 14.8. The molecular weight excluding hydrogens is 657 g/mol. The van der Waals surface area contributed by atoms with E-state index in [1.165, 1.54) is 49.2 Å². The van der Waals surface area contributed by atoms with Gasteiger partial charge in [-0.2, -0.15) is 9.97 Å². The van der Waals surface area contributed by atoms with Gasteiger partial charge in [0, 0.05) is 32.9 Å². The highest BCUT2D eigenvalue weighted by Gasteiger charge is 2.36. The Balaban J connectivity index is 1.24. The van der Waals surface area contributed by atoms with E-state index in [0.29, 0.717) is 17.6 Å². The number of benzene rings is 8. The molecule has 11 rings (SSSR count). The highest BCUT2D eigenvalue weighted by atomic mass is 15.2. The average molecular weight is 691 g/mol. The molecule has 0 amide bonds. The predicted molar refractivity (Wildman–Crippen MR) is 223 cm³/mol. The molecule has 4 nitrogen and oxygen atoms in total. The maximum absolute atomic E-state index is 5.27.